The fraction of sp³-hybridized carbons (Fsp3) is 0.565. The van der Waals surface area contributed by atoms with Crippen molar-refractivity contribution in [3.8, 4) is 0 Å². The van der Waals surface area contributed by atoms with Crippen molar-refractivity contribution in [3.63, 3.8) is 0 Å². The van der Waals surface area contributed by atoms with Gasteiger partial charge in [0.25, 0.3) is 5.91 Å². The fourth-order valence-electron chi connectivity index (χ4n) is 3.69. The van der Waals surface area contributed by atoms with E-state index < -0.39 is 0 Å². The molecule has 152 valence electrons. The number of likely N-dealkylation sites (tertiary alicyclic amines) is 1. The van der Waals surface area contributed by atoms with Crippen LogP contribution in [0.4, 0.5) is 0 Å². The molecule has 5 heteroatoms. The molecule has 1 N–H and O–H groups in total. The second kappa shape index (κ2) is 8.48. The molecule has 0 atom stereocenters. The summed E-state index contributed by atoms with van der Waals surface area (Å²) < 4.78 is 1.97. The smallest absolute Gasteiger partial charge is 0.272 e. The number of rotatable bonds is 6. The highest BCUT2D eigenvalue weighted by atomic mass is 16.1. The van der Waals surface area contributed by atoms with Gasteiger partial charge in [0.2, 0.25) is 0 Å². The molecule has 0 unspecified atom stereocenters. The van der Waals surface area contributed by atoms with Crippen LogP contribution in [-0.2, 0) is 18.6 Å². The van der Waals surface area contributed by atoms with Crippen molar-refractivity contribution in [3.05, 3.63) is 52.8 Å². The van der Waals surface area contributed by atoms with Crippen molar-refractivity contribution in [2.24, 2.45) is 0 Å². The lowest BCUT2D eigenvalue weighted by atomic mass is 10.1. The highest BCUT2D eigenvalue weighted by Crippen LogP contribution is 2.23. The molecule has 1 saturated heterocycles. The van der Waals surface area contributed by atoms with Crippen LogP contribution < -0.4 is 5.32 Å². The number of benzene rings is 1. The second-order valence-corrected chi connectivity index (χ2v) is 9.17. The van der Waals surface area contributed by atoms with Gasteiger partial charge in [-0.1, -0.05) is 38.1 Å². The van der Waals surface area contributed by atoms with Gasteiger partial charge in [-0.3, -0.25) is 14.4 Å². The zero-order valence-corrected chi connectivity index (χ0v) is 18.0. The Balaban J connectivity index is 1.60. The predicted molar refractivity (Wildman–Crippen MR) is 113 cm³/mol. The van der Waals surface area contributed by atoms with E-state index >= 15 is 0 Å². The summed E-state index contributed by atoms with van der Waals surface area (Å²) in [7, 11) is 0. The molecule has 0 spiro atoms. The molecular formula is C23H34N4O. The van der Waals surface area contributed by atoms with Crippen molar-refractivity contribution in [1.29, 1.82) is 0 Å². The average Bonchev–Trinajstić information content (AvgIpc) is 3.30. The van der Waals surface area contributed by atoms with Crippen molar-refractivity contribution >= 4 is 5.91 Å². The molecule has 1 amide bonds. The quantitative estimate of drug-likeness (QED) is 0.811. The number of carbonyl (C=O) groups excluding carboxylic acids is 1. The normalized spacial score (nSPS) is 15.4. The molecule has 0 radical (unpaired) electrons. The first-order valence-corrected chi connectivity index (χ1v) is 10.4. The van der Waals surface area contributed by atoms with Crippen LogP contribution in [-0.4, -0.2) is 33.7 Å². The third kappa shape index (κ3) is 5.02. The predicted octanol–water partition coefficient (Wildman–Crippen LogP) is 4.29. The minimum Gasteiger partial charge on any atom is -0.347 e. The number of hydrogen-bond acceptors (Lipinski definition) is 3. The third-order valence-electron chi connectivity index (χ3n) is 5.28. The Morgan fingerprint density at radius 1 is 1.11 bits per heavy atom. The molecule has 3 rings (SSSR count). The van der Waals surface area contributed by atoms with Gasteiger partial charge >= 0.3 is 0 Å². The number of nitrogens with one attached hydrogen (secondary N) is 1. The minimum absolute atomic E-state index is 0.119. The molecular weight excluding hydrogens is 348 g/mol. The summed E-state index contributed by atoms with van der Waals surface area (Å²) in [5.41, 5.74) is 3.87. The van der Waals surface area contributed by atoms with E-state index in [2.05, 4.69) is 74.2 Å². The SMILES string of the molecule is CC(C)c1cc(C(=O)NCc2ccc(CN3CCCC3)cc2)nn1C(C)(C)C. The maximum atomic E-state index is 12.6. The molecule has 1 fully saturated rings. The van der Waals surface area contributed by atoms with Crippen LogP contribution in [0.1, 0.15) is 80.7 Å². The standard InChI is InChI=1S/C23H34N4O/c1-17(2)21-14-20(25-27(21)23(3,4)5)22(28)24-15-18-8-10-19(11-9-18)16-26-12-6-7-13-26/h8-11,14,17H,6-7,12-13,15-16H2,1-5H3,(H,24,28). The largest absolute Gasteiger partial charge is 0.347 e. The molecule has 5 nitrogen and oxygen atoms in total. The minimum atomic E-state index is -0.149. The maximum Gasteiger partial charge on any atom is 0.272 e. The number of amides is 1. The average molecular weight is 383 g/mol. The maximum absolute atomic E-state index is 12.6. The number of nitrogens with zero attached hydrogens (tertiary/aromatic N) is 3. The van der Waals surface area contributed by atoms with Gasteiger partial charge in [0.05, 0.1) is 5.54 Å². The molecule has 0 bridgehead atoms. The highest BCUT2D eigenvalue weighted by molar-refractivity contribution is 5.92. The van der Waals surface area contributed by atoms with E-state index in [9.17, 15) is 4.79 Å². The van der Waals surface area contributed by atoms with Crippen molar-refractivity contribution in [2.75, 3.05) is 13.1 Å². The first-order valence-electron chi connectivity index (χ1n) is 10.4. The van der Waals surface area contributed by atoms with Gasteiger partial charge in [0, 0.05) is 18.8 Å². The Hall–Kier alpha value is -2.14. The zero-order chi connectivity index (χ0) is 20.3. The van der Waals surface area contributed by atoms with Crippen LogP contribution >= 0.6 is 0 Å². The Labute approximate surface area is 169 Å². The van der Waals surface area contributed by atoms with E-state index in [0.29, 0.717) is 18.2 Å². The Morgan fingerprint density at radius 3 is 2.25 bits per heavy atom. The van der Waals surface area contributed by atoms with Crippen molar-refractivity contribution < 1.29 is 4.79 Å². The summed E-state index contributed by atoms with van der Waals surface area (Å²) in [6.45, 7) is 14.5. The first-order chi connectivity index (χ1) is 13.2. The van der Waals surface area contributed by atoms with Gasteiger partial charge < -0.3 is 5.32 Å². The van der Waals surface area contributed by atoms with Gasteiger partial charge in [-0.15, -0.1) is 0 Å². The first kappa shape index (κ1) is 20.6. The van der Waals surface area contributed by atoms with Crippen LogP contribution in [0, 0.1) is 0 Å². The molecule has 28 heavy (non-hydrogen) atoms. The lowest BCUT2D eigenvalue weighted by molar-refractivity contribution is 0.0944. The highest BCUT2D eigenvalue weighted by Gasteiger charge is 2.23. The Bertz CT molecular complexity index is 793. The molecule has 2 heterocycles. The van der Waals surface area contributed by atoms with E-state index in [0.717, 1.165) is 17.8 Å². The van der Waals surface area contributed by atoms with Crippen molar-refractivity contribution in [1.82, 2.24) is 20.0 Å². The van der Waals surface area contributed by atoms with E-state index in [1.165, 1.54) is 31.5 Å². The molecule has 0 saturated carbocycles. The third-order valence-corrected chi connectivity index (χ3v) is 5.28. The van der Waals surface area contributed by atoms with Gasteiger partial charge in [-0.2, -0.15) is 5.10 Å². The van der Waals surface area contributed by atoms with Gasteiger partial charge in [-0.25, -0.2) is 0 Å². The number of carbonyl (C=O) groups is 1. The molecule has 1 aliphatic heterocycles. The van der Waals surface area contributed by atoms with Crippen LogP contribution in [0.5, 0.6) is 0 Å². The lowest BCUT2D eigenvalue weighted by Crippen LogP contribution is -2.27. The molecule has 2 aromatic rings. The second-order valence-electron chi connectivity index (χ2n) is 9.17. The van der Waals surface area contributed by atoms with Gasteiger partial charge in [0.1, 0.15) is 5.69 Å². The molecule has 0 aliphatic carbocycles. The monoisotopic (exact) mass is 382 g/mol. The van der Waals surface area contributed by atoms with Crippen LogP contribution in [0.15, 0.2) is 30.3 Å². The molecule has 1 aromatic carbocycles. The van der Waals surface area contributed by atoms with E-state index in [4.69, 9.17) is 0 Å². The summed E-state index contributed by atoms with van der Waals surface area (Å²) in [4.78, 5) is 15.1. The van der Waals surface area contributed by atoms with Crippen LogP contribution in [0.2, 0.25) is 0 Å². The summed E-state index contributed by atoms with van der Waals surface area (Å²) in [6, 6.07) is 10.5. The number of hydrogen-bond donors (Lipinski definition) is 1. The fourth-order valence-corrected chi connectivity index (χ4v) is 3.69. The Morgan fingerprint density at radius 2 is 1.71 bits per heavy atom. The number of aromatic nitrogens is 2. The van der Waals surface area contributed by atoms with Gasteiger partial charge in [-0.05, 0) is 69.8 Å². The van der Waals surface area contributed by atoms with Gasteiger partial charge in [0.15, 0.2) is 0 Å². The molecule has 1 aliphatic rings. The summed E-state index contributed by atoms with van der Waals surface area (Å²) in [5, 5.41) is 7.60. The van der Waals surface area contributed by atoms with Crippen molar-refractivity contribution in [2.45, 2.75) is 72.0 Å². The summed E-state index contributed by atoms with van der Waals surface area (Å²) in [6.07, 6.45) is 2.63. The summed E-state index contributed by atoms with van der Waals surface area (Å²) in [5.74, 6) is 0.197. The van der Waals surface area contributed by atoms with Crippen LogP contribution in [0.25, 0.3) is 0 Å². The zero-order valence-electron chi connectivity index (χ0n) is 18.0. The van der Waals surface area contributed by atoms with E-state index in [-0.39, 0.29) is 11.4 Å². The van der Waals surface area contributed by atoms with Crippen LogP contribution in [0.3, 0.4) is 0 Å². The molecule has 1 aromatic heterocycles. The van der Waals surface area contributed by atoms with E-state index in [1.807, 2.05) is 10.7 Å². The Kier molecular flexibility index (Phi) is 6.23. The topological polar surface area (TPSA) is 50.2 Å². The summed E-state index contributed by atoms with van der Waals surface area (Å²) >= 11 is 0. The van der Waals surface area contributed by atoms with E-state index in [1.54, 1.807) is 0 Å². The lowest BCUT2D eigenvalue weighted by Gasteiger charge is -2.23.